The van der Waals surface area contributed by atoms with Crippen LogP contribution in [0.4, 0.5) is 0 Å². The lowest BCUT2D eigenvalue weighted by atomic mass is 10.4. The van der Waals surface area contributed by atoms with E-state index in [4.69, 9.17) is 5.11 Å². The van der Waals surface area contributed by atoms with E-state index >= 15 is 0 Å². The molecule has 0 aliphatic carbocycles. The van der Waals surface area contributed by atoms with Crippen molar-refractivity contribution in [3.8, 4) is 0 Å². The van der Waals surface area contributed by atoms with E-state index in [9.17, 15) is 4.79 Å². The molecular weight excluding hydrogens is 122 g/mol. The predicted molar refractivity (Wildman–Crippen MR) is 29.0 cm³/mol. The van der Waals surface area contributed by atoms with Crippen molar-refractivity contribution in [1.82, 2.24) is 4.98 Å². The molecule has 4 nitrogen and oxygen atoms in total. The molecule has 1 heterocycles. The van der Waals surface area contributed by atoms with Crippen molar-refractivity contribution < 1.29 is 15.7 Å². The smallest absolute Gasteiger partial charge is 0.481 e. The Labute approximate surface area is 52.6 Å². The van der Waals surface area contributed by atoms with Crippen LogP contribution >= 0.6 is 0 Å². The van der Waals surface area contributed by atoms with E-state index in [0.717, 1.165) is 0 Å². The largest absolute Gasteiger partial charge is 1.00 e. The van der Waals surface area contributed by atoms with Crippen LogP contribution in [0.25, 0.3) is 0 Å². The normalized spacial score (nSPS) is 9.33. The van der Waals surface area contributed by atoms with Gasteiger partial charge in [0.05, 0.1) is 6.20 Å². The van der Waals surface area contributed by atoms with Crippen LogP contribution in [0.1, 0.15) is 7.19 Å². The maximum Gasteiger partial charge on any atom is 1.00 e. The second kappa shape index (κ2) is 2.30. The van der Waals surface area contributed by atoms with Crippen LogP contribution in [0, 0.1) is 0 Å². The highest BCUT2D eigenvalue weighted by Crippen LogP contribution is 1.96. The SMILES string of the molecule is O=C(O)Cc1cnco1.[H+]. The van der Waals surface area contributed by atoms with Crippen molar-refractivity contribution in [2.24, 2.45) is 0 Å². The van der Waals surface area contributed by atoms with Crippen LogP contribution in [0.15, 0.2) is 17.0 Å². The van der Waals surface area contributed by atoms with Gasteiger partial charge in [0.15, 0.2) is 6.39 Å². The van der Waals surface area contributed by atoms with Crippen LogP contribution in [0.5, 0.6) is 0 Å². The van der Waals surface area contributed by atoms with Crippen LogP contribution < -0.4 is 0 Å². The van der Waals surface area contributed by atoms with Crippen LogP contribution in [0.2, 0.25) is 0 Å². The molecule has 1 N–H and O–H groups in total. The Morgan fingerprint density at radius 3 is 3.22 bits per heavy atom. The summed E-state index contributed by atoms with van der Waals surface area (Å²) >= 11 is 0. The van der Waals surface area contributed by atoms with Crippen molar-refractivity contribution in [1.29, 1.82) is 0 Å². The lowest BCUT2D eigenvalue weighted by molar-refractivity contribution is -0.136. The number of aliphatic carboxylic acids is 1. The summed E-state index contributed by atoms with van der Waals surface area (Å²) < 4.78 is 4.65. The number of carboxylic acid groups (broad SMARTS) is 1. The number of rotatable bonds is 2. The van der Waals surface area contributed by atoms with E-state index in [1.165, 1.54) is 12.6 Å². The van der Waals surface area contributed by atoms with Gasteiger partial charge < -0.3 is 9.52 Å². The molecule has 0 saturated heterocycles. The first-order chi connectivity index (χ1) is 4.29. The third-order valence-corrected chi connectivity index (χ3v) is 0.809. The molecule has 9 heavy (non-hydrogen) atoms. The van der Waals surface area contributed by atoms with E-state index in [-0.39, 0.29) is 7.85 Å². The summed E-state index contributed by atoms with van der Waals surface area (Å²) in [5.41, 5.74) is 0. The fraction of sp³-hybridized carbons (Fsp3) is 0.200. The van der Waals surface area contributed by atoms with Gasteiger partial charge in [-0.1, -0.05) is 0 Å². The number of hydrogen-bond donors (Lipinski definition) is 1. The highest BCUT2D eigenvalue weighted by Gasteiger charge is 2.01. The van der Waals surface area contributed by atoms with Crippen molar-refractivity contribution in [3.05, 3.63) is 18.4 Å². The number of carbonyl (C=O) groups is 1. The molecule has 0 aliphatic rings. The molecule has 0 unspecified atom stereocenters. The standard InChI is InChI=1S/C5H5NO3/c7-5(8)1-4-2-6-3-9-4/h2-3H,1H2,(H,7,8)/p+1. The second-order valence-corrected chi connectivity index (χ2v) is 1.54. The van der Waals surface area contributed by atoms with E-state index in [0.29, 0.717) is 5.76 Å². The molecule has 0 saturated carbocycles. The summed E-state index contributed by atoms with van der Waals surface area (Å²) in [7, 11) is 0. The summed E-state index contributed by atoms with van der Waals surface area (Å²) in [6, 6.07) is 0. The molecule has 4 heteroatoms. The van der Waals surface area contributed by atoms with Gasteiger partial charge in [-0.15, -0.1) is 0 Å². The van der Waals surface area contributed by atoms with Gasteiger partial charge in [0, 0.05) is 0 Å². The first-order valence-corrected chi connectivity index (χ1v) is 2.38. The molecule has 0 aromatic carbocycles. The third kappa shape index (κ3) is 1.56. The predicted octanol–water partition coefficient (Wildman–Crippen LogP) is 0.414. The summed E-state index contributed by atoms with van der Waals surface area (Å²) in [5.74, 6) is -0.533. The lowest BCUT2D eigenvalue weighted by Gasteiger charge is -1.83. The second-order valence-electron chi connectivity index (χ2n) is 1.54. The molecule has 0 radical (unpaired) electrons. The Morgan fingerprint density at radius 1 is 2.00 bits per heavy atom. The Kier molecular flexibility index (Phi) is 1.48. The quantitative estimate of drug-likeness (QED) is 0.626. The molecule has 48 valence electrons. The Bertz CT molecular complexity index is 197. The van der Waals surface area contributed by atoms with Crippen molar-refractivity contribution >= 4 is 5.97 Å². The zero-order valence-corrected chi connectivity index (χ0v) is 4.57. The zero-order valence-electron chi connectivity index (χ0n) is 5.57. The monoisotopic (exact) mass is 128 g/mol. The average Bonchev–Trinajstić information content (AvgIpc) is 2.15. The fourth-order valence-corrected chi connectivity index (χ4v) is 0.478. The van der Waals surface area contributed by atoms with Gasteiger partial charge in [-0.2, -0.15) is 0 Å². The van der Waals surface area contributed by atoms with Crippen molar-refractivity contribution in [2.45, 2.75) is 6.42 Å². The minimum absolute atomic E-state index is 0. The third-order valence-electron chi connectivity index (χ3n) is 0.809. The Balaban J connectivity index is 0.000000810. The lowest BCUT2D eigenvalue weighted by Crippen LogP contribution is -1.97. The van der Waals surface area contributed by atoms with Gasteiger partial charge >= 0.3 is 7.40 Å². The highest BCUT2D eigenvalue weighted by atomic mass is 16.4. The van der Waals surface area contributed by atoms with Gasteiger partial charge in [-0.25, -0.2) is 4.98 Å². The van der Waals surface area contributed by atoms with Crippen LogP contribution in [-0.4, -0.2) is 16.1 Å². The van der Waals surface area contributed by atoms with Crippen molar-refractivity contribution in [3.63, 3.8) is 0 Å². The molecule has 1 aromatic heterocycles. The molecule has 0 atom stereocenters. The number of carboxylic acids is 1. The molecular formula is C5H6NO3+. The summed E-state index contributed by atoms with van der Waals surface area (Å²) in [6.07, 6.45) is 2.49. The minimum Gasteiger partial charge on any atom is -0.481 e. The fourth-order valence-electron chi connectivity index (χ4n) is 0.478. The molecule has 0 bridgehead atoms. The summed E-state index contributed by atoms with van der Waals surface area (Å²) in [6.45, 7) is 0. The molecule has 0 fully saturated rings. The first-order valence-electron chi connectivity index (χ1n) is 2.38. The van der Waals surface area contributed by atoms with Gasteiger partial charge in [0.2, 0.25) is 0 Å². The number of oxazole rings is 1. The Morgan fingerprint density at radius 2 is 2.78 bits per heavy atom. The molecule has 1 aromatic rings. The van der Waals surface area contributed by atoms with E-state index < -0.39 is 5.97 Å². The first kappa shape index (κ1) is 5.81. The topological polar surface area (TPSA) is 63.3 Å². The molecule has 0 aliphatic heterocycles. The van der Waals surface area contributed by atoms with Crippen LogP contribution in [-0.2, 0) is 11.2 Å². The van der Waals surface area contributed by atoms with Gasteiger partial charge in [0.25, 0.3) is 0 Å². The van der Waals surface area contributed by atoms with Crippen molar-refractivity contribution in [2.75, 3.05) is 0 Å². The van der Waals surface area contributed by atoms with Gasteiger partial charge in [0.1, 0.15) is 12.2 Å². The maximum absolute atomic E-state index is 9.98. The number of nitrogens with zero attached hydrogens (tertiary/aromatic N) is 1. The zero-order chi connectivity index (χ0) is 6.69. The number of aromatic nitrogens is 1. The Hall–Kier alpha value is -1.32. The van der Waals surface area contributed by atoms with Gasteiger partial charge in [-0.05, 0) is 0 Å². The summed E-state index contributed by atoms with van der Waals surface area (Å²) in [4.78, 5) is 13.5. The number of hydrogen-bond acceptors (Lipinski definition) is 3. The van der Waals surface area contributed by atoms with Crippen LogP contribution in [0.3, 0.4) is 0 Å². The minimum atomic E-state index is -0.910. The molecule has 0 spiro atoms. The van der Waals surface area contributed by atoms with E-state index in [1.54, 1.807) is 0 Å². The summed E-state index contributed by atoms with van der Waals surface area (Å²) in [5, 5.41) is 8.20. The molecule has 0 amide bonds. The van der Waals surface area contributed by atoms with Gasteiger partial charge in [-0.3, -0.25) is 4.79 Å². The molecule has 1 rings (SSSR count). The van der Waals surface area contributed by atoms with E-state index in [2.05, 4.69) is 9.40 Å². The highest BCUT2D eigenvalue weighted by molar-refractivity contribution is 5.69. The average molecular weight is 128 g/mol. The maximum atomic E-state index is 9.98. The van der Waals surface area contributed by atoms with E-state index in [1.807, 2.05) is 0 Å².